The molecule has 37 heavy (non-hydrogen) atoms. The first-order valence-corrected chi connectivity index (χ1v) is 14.3. The first kappa shape index (κ1) is 25.1. The smallest absolute Gasteiger partial charge is 0.302 e. The number of aryl methyl sites for hydroxylation is 1. The number of hydrogen-bond acceptors (Lipinski definition) is 6. The van der Waals surface area contributed by atoms with Gasteiger partial charge in [-0.05, 0) is 92.9 Å². The van der Waals surface area contributed by atoms with E-state index in [2.05, 4.69) is 50.2 Å². The summed E-state index contributed by atoms with van der Waals surface area (Å²) in [6.45, 7) is 7.81. The number of Topliss-reactive ketones (excluding diaryl/α,β-unsaturated/α-hetero) is 1. The minimum Gasteiger partial charge on any atom is -0.463 e. The van der Waals surface area contributed by atoms with Gasteiger partial charge in [0.2, 0.25) is 11.4 Å². The Morgan fingerprint density at radius 3 is 2.51 bits per heavy atom. The number of oxime groups is 1. The minimum absolute atomic E-state index is 0.0546. The van der Waals surface area contributed by atoms with Crippen molar-refractivity contribution in [2.75, 3.05) is 6.61 Å². The molecule has 6 rings (SSSR count). The van der Waals surface area contributed by atoms with E-state index in [1.807, 2.05) is 0 Å². The van der Waals surface area contributed by atoms with E-state index in [1.54, 1.807) is 0 Å². The average Bonchev–Trinajstić information content (AvgIpc) is 3.38. The van der Waals surface area contributed by atoms with Gasteiger partial charge in [-0.15, -0.1) is 0 Å². The molecule has 5 aliphatic rings. The molecule has 4 aliphatic carbocycles. The van der Waals surface area contributed by atoms with E-state index in [0.29, 0.717) is 23.7 Å². The number of ether oxygens (including phenoxy) is 1. The minimum atomic E-state index is -1.08. The second kappa shape index (κ2) is 8.65. The van der Waals surface area contributed by atoms with E-state index >= 15 is 0 Å². The van der Waals surface area contributed by atoms with Crippen LogP contribution in [0.2, 0.25) is 0 Å². The zero-order chi connectivity index (χ0) is 26.2. The molecule has 0 radical (unpaired) electrons. The van der Waals surface area contributed by atoms with Gasteiger partial charge in [-0.3, -0.25) is 9.59 Å². The van der Waals surface area contributed by atoms with Crippen molar-refractivity contribution in [2.24, 2.45) is 45.6 Å². The second-order valence-corrected chi connectivity index (χ2v) is 13.2. The highest BCUT2D eigenvalue weighted by Crippen LogP contribution is 2.71. The number of aliphatic hydroxyl groups is 1. The summed E-state index contributed by atoms with van der Waals surface area (Å²) in [4.78, 5) is 31.5. The van der Waals surface area contributed by atoms with Crippen LogP contribution >= 0.6 is 0 Å². The molecule has 0 amide bonds. The number of hydrogen-bond donors (Lipinski definition) is 1. The van der Waals surface area contributed by atoms with E-state index in [1.165, 1.54) is 12.5 Å². The third-order valence-corrected chi connectivity index (χ3v) is 11.7. The van der Waals surface area contributed by atoms with Crippen molar-refractivity contribution < 1.29 is 24.3 Å². The topological polar surface area (TPSA) is 85.2 Å². The molecule has 1 aliphatic heterocycles. The number of aliphatic hydroxyl groups excluding tert-OH is 1. The summed E-state index contributed by atoms with van der Waals surface area (Å²) in [7, 11) is 0. The van der Waals surface area contributed by atoms with Gasteiger partial charge in [0.25, 0.3) is 0 Å². The second-order valence-electron chi connectivity index (χ2n) is 13.2. The van der Waals surface area contributed by atoms with Crippen LogP contribution in [-0.2, 0) is 19.2 Å². The quantitative estimate of drug-likeness (QED) is 0.564. The Kier molecular flexibility index (Phi) is 5.87. The zero-order valence-electron chi connectivity index (χ0n) is 22.7. The Balaban J connectivity index is 1.33. The lowest BCUT2D eigenvalue weighted by molar-refractivity contribution is -0.188. The maximum absolute atomic E-state index is 13.6. The molecule has 9 atom stereocenters. The van der Waals surface area contributed by atoms with Crippen molar-refractivity contribution in [1.29, 1.82) is 0 Å². The summed E-state index contributed by atoms with van der Waals surface area (Å²) >= 11 is 0. The molecule has 1 heterocycles. The molecule has 1 N–H and O–H groups in total. The summed E-state index contributed by atoms with van der Waals surface area (Å²) in [5.41, 5.74) is 1.87. The van der Waals surface area contributed by atoms with Crippen molar-refractivity contribution in [3.05, 3.63) is 35.4 Å². The van der Waals surface area contributed by atoms with Crippen LogP contribution in [0.25, 0.3) is 0 Å². The monoisotopic (exact) mass is 507 g/mol. The molecule has 0 bridgehead atoms. The van der Waals surface area contributed by atoms with Crippen molar-refractivity contribution in [3.8, 4) is 0 Å². The fourth-order valence-corrected chi connectivity index (χ4v) is 9.91. The van der Waals surface area contributed by atoms with Gasteiger partial charge >= 0.3 is 5.97 Å². The lowest BCUT2D eigenvalue weighted by Crippen LogP contribution is -2.60. The number of carbonyl (C=O) groups is 2. The molecule has 4 saturated carbocycles. The fraction of sp³-hybridized carbons (Fsp3) is 0.710. The SMILES string of the molecule is CC(=O)O[C@H]1CC[C@]2(C)C3CC[C@@]4(C)C(C[C@H]5C(c6ccc(C)cc6)=NO[C@]54C(=O)CO)C3CC[C@H]2C1. The summed E-state index contributed by atoms with van der Waals surface area (Å²) in [6, 6.07) is 8.33. The molecule has 4 fully saturated rings. The van der Waals surface area contributed by atoms with E-state index in [0.717, 1.165) is 62.6 Å². The molecule has 3 unspecified atom stereocenters. The first-order chi connectivity index (χ1) is 17.6. The molecular formula is C31H41NO5. The number of benzene rings is 1. The highest BCUT2D eigenvalue weighted by molar-refractivity contribution is 6.08. The van der Waals surface area contributed by atoms with Gasteiger partial charge in [0, 0.05) is 12.3 Å². The third kappa shape index (κ3) is 3.43. The summed E-state index contributed by atoms with van der Waals surface area (Å²) in [5, 5.41) is 14.7. The van der Waals surface area contributed by atoms with Gasteiger partial charge in [-0.1, -0.05) is 48.8 Å². The van der Waals surface area contributed by atoms with E-state index in [9.17, 15) is 14.7 Å². The molecule has 1 aromatic carbocycles. The Morgan fingerprint density at radius 1 is 1.05 bits per heavy atom. The van der Waals surface area contributed by atoms with Crippen LogP contribution in [0.5, 0.6) is 0 Å². The van der Waals surface area contributed by atoms with Crippen LogP contribution in [0, 0.1) is 47.3 Å². The molecule has 1 aromatic rings. The molecule has 0 saturated heterocycles. The number of ketones is 1. The van der Waals surface area contributed by atoms with Gasteiger partial charge in [-0.2, -0.15) is 0 Å². The number of rotatable bonds is 4. The highest BCUT2D eigenvalue weighted by atomic mass is 16.7. The van der Waals surface area contributed by atoms with Crippen LogP contribution in [0.4, 0.5) is 0 Å². The lowest BCUT2D eigenvalue weighted by atomic mass is 9.44. The van der Waals surface area contributed by atoms with Gasteiger partial charge < -0.3 is 14.7 Å². The third-order valence-electron chi connectivity index (χ3n) is 11.7. The highest BCUT2D eigenvalue weighted by Gasteiger charge is 2.75. The van der Waals surface area contributed by atoms with Crippen LogP contribution in [0.1, 0.15) is 83.3 Å². The van der Waals surface area contributed by atoms with Gasteiger partial charge in [0.15, 0.2) is 0 Å². The number of esters is 1. The maximum Gasteiger partial charge on any atom is 0.302 e. The van der Waals surface area contributed by atoms with Crippen molar-refractivity contribution in [3.63, 3.8) is 0 Å². The van der Waals surface area contributed by atoms with E-state index < -0.39 is 12.2 Å². The Bertz CT molecular complexity index is 1130. The van der Waals surface area contributed by atoms with Crippen LogP contribution in [-0.4, -0.2) is 40.9 Å². The first-order valence-electron chi connectivity index (χ1n) is 14.3. The van der Waals surface area contributed by atoms with E-state index in [4.69, 9.17) is 9.57 Å². The number of fused-ring (bicyclic) bond motifs is 7. The van der Waals surface area contributed by atoms with Crippen molar-refractivity contribution in [1.82, 2.24) is 0 Å². The lowest BCUT2D eigenvalue weighted by Gasteiger charge is -2.61. The van der Waals surface area contributed by atoms with Crippen molar-refractivity contribution in [2.45, 2.75) is 90.8 Å². The normalized spacial score (nSPS) is 44.0. The van der Waals surface area contributed by atoms with Crippen LogP contribution in [0.3, 0.4) is 0 Å². The Labute approximate surface area is 220 Å². The zero-order valence-corrected chi connectivity index (χ0v) is 22.7. The molecule has 6 nitrogen and oxygen atoms in total. The van der Waals surface area contributed by atoms with Gasteiger partial charge in [-0.25, -0.2) is 0 Å². The number of nitrogens with zero attached hydrogens (tertiary/aromatic N) is 1. The molecule has 6 heteroatoms. The average molecular weight is 508 g/mol. The molecule has 200 valence electrons. The van der Waals surface area contributed by atoms with Crippen LogP contribution in [0.15, 0.2) is 29.4 Å². The largest absolute Gasteiger partial charge is 0.463 e. The van der Waals surface area contributed by atoms with Gasteiger partial charge in [0.05, 0.1) is 11.6 Å². The number of carbonyl (C=O) groups excluding carboxylic acids is 2. The van der Waals surface area contributed by atoms with E-state index in [-0.39, 0.29) is 34.6 Å². The predicted molar refractivity (Wildman–Crippen MR) is 140 cm³/mol. The summed E-state index contributed by atoms with van der Waals surface area (Å²) in [6.07, 6.45) is 8.22. The molecular weight excluding hydrogens is 466 g/mol. The fourth-order valence-electron chi connectivity index (χ4n) is 9.91. The van der Waals surface area contributed by atoms with Crippen molar-refractivity contribution >= 4 is 17.5 Å². The predicted octanol–water partition coefficient (Wildman–Crippen LogP) is 5.23. The molecule has 0 aromatic heterocycles. The Hall–Kier alpha value is -2.21. The standard InChI is InChI=1S/C31H41NO5/c1-18-5-7-20(8-6-18)28-26-16-25-23-10-9-21-15-22(36-19(2)34)11-13-29(21,3)24(23)12-14-30(25,4)31(26,37-32-28)27(35)17-33/h5-8,21-26,33H,9-17H2,1-4H3/t21-,22-,23?,24?,25?,26-,29-,30-,31-/m0/s1. The Morgan fingerprint density at radius 2 is 1.81 bits per heavy atom. The molecule has 0 spiro atoms. The van der Waals surface area contributed by atoms with Crippen LogP contribution < -0.4 is 0 Å². The summed E-state index contributed by atoms with van der Waals surface area (Å²) < 4.78 is 5.64. The van der Waals surface area contributed by atoms with Gasteiger partial charge in [0.1, 0.15) is 12.7 Å². The summed E-state index contributed by atoms with van der Waals surface area (Å²) in [5.74, 6) is 1.54. The maximum atomic E-state index is 13.6.